The van der Waals surface area contributed by atoms with Crippen molar-refractivity contribution in [2.75, 3.05) is 13.7 Å². The van der Waals surface area contributed by atoms with Crippen molar-refractivity contribution in [2.24, 2.45) is 5.16 Å². The summed E-state index contributed by atoms with van der Waals surface area (Å²) in [5.41, 5.74) is 0.720. The van der Waals surface area contributed by atoms with E-state index < -0.39 is 0 Å². The highest BCUT2D eigenvalue weighted by Crippen LogP contribution is 2.32. The molecule has 0 unspecified atom stereocenters. The number of benzene rings is 1. The van der Waals surface area contributed by atoms with Crippen molar-refractivity contribution in [2.45, 2.75) is 6.92 Å². The lowest BCUT2D eigenvalue weighted by atomic mass is 10.2. The van der Waals surface area contributed by atoms with Gasteiger partial charge in [0.15, 0.2) is 11.5 Å². The highest BCUT2D eigenvalue weighted by Gasteiger charge is 2.08. The molecule has 0 atom stereocenters. The second-order valence-corrected chi connectivity index (χ2v) is 3.56. The van der Waals surface area contributed by atoms with Crippen LogP contribution in [0.4, 0.5) is 0 Å². The molecule has 0 aromatic heterocycles. The largest absolute Gasteiger partial charge is 0.493 e. The van der Waals surface area contributed by atoms with Gasteiger partial charge in [-0.3, -0.25) is 0 Å². The molecule has 1 aromatic rings. The molecule has 5 heteroatoms. The molecule has 1 aromatic carbocycles. The van der Waals surface area contributed by atoms with Crippen LogP contribution in [0, 0.1) is 0 Å². The summed E-state index contributed by atoms with van der Waals surface area (Å²) in [6.45, 7) is 2.46. The summed E-state index contributed by atoms with van der Waals surface area (Å²) in [7, 11) is 1.56. The molecule has 0 saturated heterocycles. The molecule has 0 bridgehead atoms. The fourth-order valence-corrected chi connectivity index (χ4v) is 1.56. The van der Waals surface area contributed by atoms with Gasteiger partial charge in [-0.05, 0) is 35.0 Å². The molecular weight excluding hydrogens is 262 g/mol. The van der Waals surface area contributed by atoms with Gasteiger partial charge in [0.1, 0.15) is 0 Å². The van der Waals surface area contributed by atoms with Gasteiger partial charge in [0.25, 0.3) is 0 Å². The summed E-state index contributed by atoms with van der Waals surface area (Å²) >= 11 is 3.34. The van der Waals surface area contributed by atoms with Crippen molar-refractivity contribution in [1.29, 1.82) is 0 Å². The number of halogens is 1. The maximum Gasteiger partial charge on any atom is 0.162 e. The maximum absolute atomic E-state index is 8.46. The van der Waals surface area contributed by atoms with Gasteiger partial charge in [-0.1, -0.05) is 5.16 Å². The van der Waals surface area contributed by atoms with Crippen LogP contribution in [0.15, 0.2) is 21.8 Å². The summed E-state index contributed by atoms with van der Waals surface area (Å²) in [5, 5.41) is 11.4. The SMILES string of the molecule is CCOc1cc(Br)c(C=NO)cc1OC. The monoisotopic (exact) mass is 273 g/mol. The van der Waals surface area contributed by atoms with Crippen LogP contribution in [0.2, 0.25) is 0 Å². The van der Waals surface area contributed by atoms with Crippen molar-refractivity contribution < 1.29 is 14.7 Å². The minimum atomic E-state index is 0.566. The van der Waals surface area contributed by atoms with Gasteiger partial charge in [0.05, 0.1) is 19.9 Å². The Labute approximate surface area is 96.6 Å². The molecule has 0 aliphatic heterocycles. The van der Waals surface area contributed by atoms with Gasteiger partial charge < -0.3 is 14.7 Å². The minimum Gasteiger partial charge on any atom is -0.493 e. The average molecular weight is 274 g/mol. The van der Waals surface area contributed by atoms with E-state index in [2.05, 4.69) is 21.1 Å². The first-order valence-corrected chi connectivity index (χ1v) is 5.20. The number of ether oxygens (including phenoxy) is 2. The summed E-state index contributed by atoms with van der Waals surface area (Å²) in [4.78, 5) is 0. The van der Waals surface area contributed by atoms with Crippen molar-refractivity contribution in [1.82, 2.24) is 0 Å². The zero-order valence-corrected chi connectivity index (χ0v) is 10.1. The molecule has 1 N–H and O–H groups in total. The minimum absolute atomic E-state index is 0.566. The van der Waals surface area contributed by atoms with E-state index >= 15 is 0 Å². The van der Waals surface area contributed by atoms with Gasteiger partial charge >= 0.3 is 0 Å². The van der Waals surface area contributed by atoms with Crippen LogP contribution in [0.1, 0.15) is 12.5 Å². The fraction of sp³-hybridized carbons (Fsp3) is 0.300. The van der Waals surface area contributed by atoms with E-state index in [1.54, 1.807) is 19.2 Å². The normalized spacial score (nSPS) is 10.6. The third kappa shape index (κ3) is 2.86. The maximum atomic E-state index is 8.46. The van der Waals surface area contributed by atoms with Gasteiger partial charge in [0.2, 0.25) is 0 Å². The molecule has 0 radical (unpaired) electrons. The number of hydrogen-bond donors (Lipinski definition) is 1. The predicted molar refractivity (Wildman–Crippen MR) is 61.2 cm³/mol. The molecule has 0 fully saturated rings. The first kappa shape index (κ1) is 11.8. The van der Waals surface area contributed by atoms with E-state index in [1.165, 1.54) is 6.21 Å². The Morgan fingerprint density at radius 3 is 2.73 bits per heavy atom. The third-order valence-electron chi connectivity index (χ3n) is 1.78. The first-order chi connectivity index (χ1) is 7.22. The Bertz CT molecular complexity index is 366. The van der Waals surface area contributed by atoms with Gasteiger partial charge in [0, 0.05) is 10.0 Å². The molecule has 15 heavy (non-hydrogen) atoms. The summed E-state index contributed by atoms with van der Waals surface area (Å²) in [5.74, 6) is 1.26. The molecule has 4 nitrogen and oxygen atoms in total. The van der Waals surface area contributed by atoms with Crippen LogP contribution in [0.5, 0.6) is 11.5 Å². The Kier molecular flexibility index (Phi) is 4.42. The summed E-state index contributed by atoms with van der Waals surface area (Å²) in [6.07, 6.45) is 1.32. The Morgan fingerprint density at radius 2 is 2.20 bits per heavy atom. The number of nitrogens with zero attached hydrogens (tertiary/aromatic N) is 1. The van der Waals surface area contributed by atoms with Crippen molar-refractivity contribution >= 4 is 22.1 Å². The third-order valence-corrected chi connectivity index (χ3v) is 2.47. The van der Waals surface area contributed by atoms with Crippen LogP contribution in [0.25, 0.3) is 0 Å². The van der Waals surface area contributed by atoms with Crippen LogP contribution in [0.3, 0.4) is 0 Å². The molecule has 0 spiro atoms. The summed E-state index contributed by atoms with van der Waals surface area (Å²) < 4.78 is 11.3. The summed E-state index contributed by atoms with van der Waals surface area (Å²) in [6, 6.07) is 3.51. The topological polar surface area (TPSA) is 51.0 Å². The molecule has 0 amide bonds. The van der Waals surface area contributed by atoms with E-state index in [9.17, 15) is 0 Å². The highest BCUT2D eigenvalue weighted by atomic mass is 79.9. The molecule has 0 aliphatic rings. The van der Waals surface area contributed by atoms with Crippen LogP contribution in [-0.4, -0.2) is 25.1 Å². The smallest absolute Gasteiger partial charge is 0.162 e. The second-order valence-electron chi connectivity index (χ2n) is 2.70. The Balaban J connectivity index is 3.16. The molecule has 0 aliphatic carbocycles. The molecule has 1 rings (SSSR count). The molecule has 0 saturated carbocycles. The Hall–Kier alpha value is -1.23. The number of methoxy groups -OCH3 is 1. The lowest BCUT2D eigenvalue weighted by Gasteiger charge is -2.10. The van der Waals surface area contributed by atoms with E-state index in [1.807, 2.05) is 6.92 Å². The lowest BCUT2D eigenvalue weighted by Crippen LogP contribution is -1.97. The van der Waals surface area contributed by atoms with Crippen LogP contribution in [-0.2, 0) is 0 Å². The Morgan fingerprint density at radius 1 is 1.47 bits per heavy atom. The molecule has 82 valence electrons. The zero-order valence-electron chi connectivity index (χ0n) is 8.53. The van der Waals surface area contributed by atoms with E-state index in [4.69, 9.17) is 14.7 Å². The standard InChI is InChI=1S/C10H12BrNO3/c1-3-15-10-5-8(11)7(6-12-13)4-9(10)14-2/h4-6,13H,3H2,1-2H3. The van der Waals surface area contributed by atoms with Crippen molar-refractivity contribution in [3.63, 3.8) is 0 Å². The predicted octanol–water partition coefficient (Wildman–Crippen LogP) is 2.66. The van der Waals surface area contributed by atoms with Crippen molar-refractivity contribution in [3.8, 4) is 11.5 Å². The van der Waals surface area contributed by atoms with Crippen LogP contribution >= 0.6 is 15.9 Å². The fourth-order valence-electron chi connectivity index (χ4n) is 1.14. The van der Waals surface area contributed by atoms with Gasteiger partial charge in [-0.15, -0.1) is 0 Å². The van der Waals surface area contributed by atoms with E-state index in [0.717, 1.165) is 10.0 Å². The van der Waals surface area contributed by atoms with Crippen LogP contribution < -0.4 is 9.47 Å². The highest BCUT2D eigenvalue weighted by molar-refractivity contribution is 9.10. The quantitative estimate of drug-likeness (QED) is 0.521. The van der Waals surface area contributed by atoms with E-state index in [0.29, 0.717) is 18.1 Å². The number of hydrogen-bond acceptors (Lipinski definition) is 4. The van der Waals surface area contributed by atoms with E-state index in [-0.39, 0.29) is 0 Å². The van der Waals surface area contributed by atoms with Crippen molar-refractivity contribution in [3.05, 3.63) is 22.2 Å². The number of oxime groups is 1. The van der Waals surface area contributed by atoms with Gasteiger partial charge in [-0.2, -0.15) is 0 Å². The lowest BCUT2D eigenvalue weighted by molar-refractivity contribution is 0.310. The zero-order chi connectivity index (χ0) is 11.3. The molecule has 0 heterocycles. The average Bonchev–Trinajstić information content (AvgIpc) is 2.22. The number of rotatable bonds is 4. The van der Waals surface area contributed by atoms with Gasteiger partial charge in [-0.25, -0.2) is 0 Å². The second kappa shape index (κ2) is 5.60. The first-order valence-electron chi connectivity index (χ1n) is 4.40. The molecular formula is C10H12BrNO3.